The van der Waals surface area contributed by atoms with Crippen LogP contribution in [-0.2, 0) is 11.3 Å². The Kier molecular flexibility index (Phi) is 5.85. The SMILES string of the molecule is O=C(Cn1ccc([C@H]2CCCNC2)n1)NCCOc1ccccc1. The van der Waals surface area contributed by atoms with Crippen LogP contribution in [-0.4, -0.2) is 41.9 Å². The minimum atomic E-state index is -0.0527. The number of amides is 1. The number of nitrogens with zero attached hydrogens (tertiary/aromatic N) is 2. The van der Waals surface area contributed by atoms with Crippen LogP contribution in [0.25, 0.3) is 0 Å². The van der Waals surface area contributed by atoms with Gasteiger partial charge in [0.15, 0.2) is 0 Å². The Morgan fingerprint density at radius 2 is 2.21 bits per heavy atom. The zero-order valence-electron chi connectivity index (χ0n) is 13.8. The van der Waals surface area contributed by atoms with E-state index >= 15 is 0 Å². The predicted octanol–water partition coefficient (Wildman–Crippen LogP) is 1.55. The van der Waals surface area contributed by atoms with Gasteiger partial charge >= 0.3 is 0 Å². The highest BCUT2D eigenvalue weighted by molar-refractivity contribution is 5.75. The van der Waals surface area contributed by atoms with Gasteiger partial charge in [0, 0.05) is 18.7 Å². The Morgan fingerprint density at radius 1 is 1.33 bits per heavy atom. The number of hydrogen-bond acceptors (Lipinski definition) is 4. The summed E-state index contributed by atoms with van der Waals surface area (Å²) in [6, 6.07) is 11.6. The zero-order valence-corrected chi connectivity index (χ0v) is 13.8. The number of hydrogen-bond donors (Lipinski definition) is 2. The van der Waals surface area contributed by atoms with Crippen LogP contribution in [0.5, 0.6) is 5.75 Å². The van der Waals surface area contributed by atoms with Gasteiger partial charge in [-0.25, -0.2) is 0 Å². The van der Waals surface area contributed by atoms with Crippen LogP contribution in [0.15, 0.2) is 42.6 Å². The molecule has 24 heavy (non-hydrogen) atoms. The highest BCUT2D eigenvalue weighted by Crippen LogP contribution is 2.21. The highest BCUT2D eigenvalue weighted by atomic mass is 16.5. The van der Waals surface area contributed by atoms with Crippen molar-refractivity contribution >= 4 is 5.91 Å². The fourth-order valence-corrected chi connectivity index (χ4v) is 2.87. The minimum absolute atomic E-state index is 0.0527. The number of aromatic nitrogens is 2. The van der Waals surface area contributed by atoms with Crippen molar-refractivity contribution in [1.29, 1.82) is 0 Å². The third kappa shape index (κ3) is 4.83. The molecule has 128 valence electrons. The van der Waals surface area contributed by atoms with Crippen LogP contribution in [0.1, 0.15) is 24.5 Å². The lowest BCUT2D eigenvalue weighted by atomic mass is 9.97. The Hall–Kier alpha value is -2.34. The largest absolute Gasteiger partial charge is 0.492 e. The van der Waals surface area contributed by atoms with Crippen molar-refractivity contribution in [3.05, 3.63) is 48.3 Å². The first-order chi connectivity index (χ1) is 11.8. The number of para-hydroxylation sites is 1. The standard InChI is InChI=1S/C18H24N4O2/c23-18(20-10-12-24-16-6-2-1-3-7-16)14-22-11-8-17(21-22)15-5-4-9-19-13-15/h1-3,6-8,11,15,19H,4-5,9-10,12-14H2,(H,20,23)/t15-/m0/s1. The lowest BCUT2D eigenvalue weighted by Gasteiger charge is -2.20. The van der Waals surface area contributed by atoms with Crippen LogP contribution in [0.4, 0.5) is 0 Å². The average molecular weight is 328 g/mol. The summed E-state index contributed by atoms with van der Waals surface area (Å²) >= 11 is 0. The predicted molar refractivity (Wildman–Crippen MR) is 92.0 cm³/mol. The van der Waals surface area contributed by atoms with Crippen LogP contribution < -0.4 is 15.4 Å². The number of carbonyl (C=O) groups excluding carboxylic acids is 1. The Labute approximate surface area is 142 Å². The summed E-state index contributed by atoms with van der Waals surface area (Å²) in [5.74, 6) is 1.22. The van der Waals surface area contributed by atoms with Gasteiger partial charge in [0.25, 0.3) is 0 Å². The minimum Gasteiger partial charge on any atom is -0.492 e. The molecule has 2 aromatic rings. The van der Waals surface area contributed by atoms with Crippen LogP contribution in [0, 0.1) is 0 Å². The smallest absolute Gasteiger partial charge is 0.241 e. The monoisotopic (exact) mass is 328 g/mol. The molecule has 6 nitrogen and oxygen atoms in total. The average Bonchev–Trinajstić information content (AvgIpc) is 3.09. The van der Waals surface area contributed by atoms with Crippen molar-refractivity contribution in [2.24, 2.45) is 0 Å². The molecule has 1 aliphatic heterocycles. The van der Waals surface area contributed by atoms with Crippen molar-refractivity contribution < 1.29 is 9.53 Å². The van der Waals surface area contributed by atoms with E-state index in [1.54, 1.807) is 4.68 Å². The fourth-order valence-electron chi connectivity index (χ4n) is 2.87. The molecule has 2 N–H and O–H groups in total. The summed E-state index contributed by atoms with van der Waals surface area (Å²) < 4.78 is 7.25. The van der Waals surface area contributed by atoms with Crippen LogP contribution in [0.2, 0.25) is 0 Å². The van der Waals surface area contributed by atoms with Gasteiger partial charge in [0.1, 0.15) is 18.9 Å². The molecule has 1 saturated heterocycles. The number of piperidine rings is 1. The summed E-state index contributed by atoms with van der Waals surface area (Å²) in [6.45, 7) is 3.23. The van der Waals surface area contributed by atoms with Gasteiger partial charge in [-0.05, 0) is 37.6 Å². The van der Waals surface area contributed by atoms with E-state index in [2.05, 4.69) is 15.7 Å². The second-order valence-corrected chi connectivity index (χ2v) is 5.99. The number of benzene rings is 1. The molecule has 1 atom stereocenters. The van der Waals surface area contributed by atoms with Crippen molar-refractivity contribution in [2.75, 3.05) is 26.2 Å². The Balaban J connectivity index is 1.38. The molecule has 0 radical (unpaired) electrons. The Morgan fingerprint density at radius 3 is 3.00 bits per heavy atom. The third-order valence-corrected chi connectivity index (χ3v) is 4.12. The fraction of sp³-hybridized carbons (Fsp3) is 0.444. The van der Waals surface area contributed by atoms with Crippen molar-refractivity contribution in [1.82, 2.24) is 20.4 Å². The molecule has 0 unspecified atom stereocenters. The first-order valence-corrected chi connectivity index (χ1v) is 8.50. The van der Waals surface area contributed by atoms with Gasteiger partial charge in [-0.2, -0.15) is 5.10 Å². The maximum absolute atomic E-state index is 12.0. The number of nitrogens with one attached hydrogen (secondary N) is 2. The molecule has 1 amide bonds. The van der Waals surface area contributed by atoms with E-state index in [9.17, 15) is 4.79 Å². The highest BCUT2D eigenvalue weighted by Gasteiger charge is 2.17. The molecule has 6 heteroatoms. The molecular formula is C18H24N4O2. The first-order valence-electron chi connectivity index (χ1n) is 8.50. The maximum atomic E-state index is 12.0. The summed E-state index contributed by atoms with van der Waals surface area (Å²) in [7, 11) is 0. The van der Waals surface area contributed by atoms with E-state index in [0.29, 0.717) is 19.1 Å². The lowest BCUT2D eigenvalue weighted by Crippen LogP contribution is -2.31. The van der Waals surface area contributed by atoms with E-state index in [1.807, 2.05) is 42.6 Å². The van der Waals surface area contributed by atoms with Crippen LogP contribution >= 0.6 is 0 Å². The normalized spacial score (nSPS) is 17.4. The van der Waals surface area contributed by atoms with Crippen LogP contribution in [0.3, 0.4) is 0 Å². The van der Waals surface area contributed by atoms with Gasteiger partial charge in [0.2, 0.25) is 5.91 Å². The van der Waals surface area contributed by atoms with E-state index in [4.69, 9.17) is 4.74 Å². The van der Waals surface area contributed by atoms with E-state index in [1.165, 1.54) is 6.42 Å². The molecule has 3 rings (SSSR count). The quantitative estimate of drug-likeness (QED) is 0.757. The number of ether oxygens (including phenoxy) is 1. The molecule has 1 fully saturated rings. The van der Waals surface area contributed by atoms with Gasteiger partial charge in [0.05, 0.1) is 12.2 Å². The van der Waals surface area contributed by atoms with Gasteiger partial charge < -0.3 is 15.4 Å². The van der Waals surface area contributed by atoms with Gasteiger partial charge in [-0.15, -0.1) is 0 Å². The third-order valence-electron chi connectivity index (χ3n) is 4.12. The molecule has 0 aliphatic carbocycles. The second kappa shape index (κ2) is 8.49. The molecule has 2 heterocycles. The topological polar surface area (TPSA) is 68.2 Å². The van der Waals surface area contributed by atoms with E-state index in [0.717, 1.165) is 31.0 Å². The molecule has 1 aliphatic rings. The molecule has 1 aromatic carbocycles. The second-order valence-electron chi connectivity index (χ2n) is 5.99. The number of carbonyl (C=O) groups is 1. The lowest BCUT2D eigenvalue weighted by molar-refractivity contribution is -0.121. The van der Waals surface area contributed by atoms with Crippen molar-refractivity contribution in [2.45, 2.75) is 25.3 Å². The Bertz CT molecular complexity index is 635. The summed E-state index contributed by atoms with van der Waals surface area (Å²) in [5, 5.41) is 10.8. The van der Waals surface area contributed by atoms with Gasteiger partial charge in [-0.1, -0.05) is 18.2 Å². The maximum Gasteiger partial charge on any atom is 0.241 e. The van der Waals surface area contributed by atoms with Gasteiger partial charge in [-0.3, -0.25) is 9.48 Å². The number of rotatable bonds is 7. The zero-order chi connectivity index (χ0) is 16.6. The molecular weight excluding hydrogens is 304 g/mol. The van der Waals surface area contributed by atoms with E-state index < -0.39 is 0 Å². The molecule has 1 aromatic heterocycles. The summed E-state index contributed by atoms with van der Waals surface area (Å²) in [4.78, 5) is 12.0. The summed E-state index contributed by atoms with van der Waals surface area (Å²) in [6.07, 6.45) is 4.22. The van der Waals surface area contributed by atoms with Crippen molar-refractivity contribution in [3.63, 3.8) is 0 Å². The molecule has 0 bridgehead atoms. The summed E-state index contributed by atoms with van der Waals surface area (Å²) in [5.41, 5.74) is 1.07. The first kappa shape index (κ1) is 16.5. The molecule has 0 saturated carbocycles. The molecule has 0 spiro atoms. The van der Waals surface area contributed by atoms with E-state index in [-0.39, 0.29) is 12.5 Å². The van der Waals surface area contributed by atoms with Crippen molar-refractivity contribution in [3.8, 4) is 5.75 Å².